The number of carbonyl (C=O) groups excluding carboxylic acids is 1. The Morgan fingerprint density at radius 1 is 1.54 bits per heavy atom. The summed E-state index contributed by atoms with van der Waals surface area (Å²) in [5.74, 6) is -1.19. The minimum absolute atomic E-state index is 0.0852. The van der Waals surface area contributed by atoms with E-state index in [1.165, 1.54) is 6.26 Å². The zero-order chi connectivity index (χ0) is 9.42. The van der Waals surface area contributed by atoms with Crippen LogP contribution in [0, 0.1) is 5.92 Å². The summed E-state index contributed by atoms with van der Waals surface area (Å²) in [5, 5.41) is 8.73. The molecule has 0 saturated heterocycles. The lowest BCUT2D eigenvalue weighted by Crippen LogP contribution is -2.25. The Kier molecular flexibility index (Phi) is 1.69. The number of carboxylic acids is 1. The Labute approximate surface area is 74.2 Å². The van der Waals surface area contributed by atoms with Crippen LogP contribution in [0.5, 0.6) is 0 Å². The summed E-state index contributed by atoms with van der Waals surface area (Å²) >= 11 is 0. The second-order valence-corrected chi connectivity index (χ2v) is 3.12. The van der Waals surface area contributed by atoms with Gasteiger partial charge in [0.05, 0.1) is 17.7 Å². The van der Waals surface area contributed by atoms with Gasteiger partial charge in [0.15, 0.2) is 5.78 Å². The third kappa shape index (κ3) is 1.24. The van der Waals surface area contributed by atoms with Gasteiger partial charge in [-0.2, -0.15) is 0 Å². The lowest BCUT2D eigenvalue weighted by molar-refractivity contribution is -0.141. The number of fused-ring (bicyclic) bond motifs is 1. The molecule has 0 spiro atoms. The van der Waals surface area contributed by atoms with Crippen molar-refractivity contribution >= 4 is 11.8 Å². The lowest BCUT2D eigenvalue weighted by Gasteiger charge is -2.15. The number of hydrogen-bond acceptors (Lipinski definition) is 3. The molecule has 0 saturated carbocycles. The van der Waals surface area contributed by atoms with E-state index in [9.17, 15) is 9.59 Å². The normalized spacial score (nSPS) is 21.2. The smallest absolute Gasteiger partial charge is 0.307 e. The first-order valence-corrected chi connectivity index (χ1v) is 4.01. The fourth-order valence-corrected chi connectivity index (χ4v) is 1.55. The van der Waals surface area contributed by atoms with Crippen molar-refractivity contribution in [3.63, 3.8) is 0 Å². The minimum Gasteiger partial charge on any atom is -0.481 e. The summed E-state index contributed by atoms with van der Waals surface area (Å²) in [6.45, 7) is 0. The first-order chi connectivity index (χ1) is 6.18. The second kappa shape index (κ2) is 2.73. The average molecular weight is 180 g/mol. The van der Waals surface area contributed by atoms with Crippen LogP contribution in [0.3, 0.4) is 0 Å². The molecule has 1 aliphatic rings. The first-order valence-electron chi connectivity index (χ1n) is 4.01. The Hall–Kier alpha value is -1.58. The highest BCUT2D eigenvalue weighted by atomic mass is 16.4. The van der Waals surface area contributed by atoms with Crippen LogP contribution in [-0.2, 0) is 11.2 Å². The average Bonchev–Trinajstić information content (AvgIpc) is 2.51. The maximum Gasteiger partial charge on any atom is 0.307 e. The standard InChI is InChI=1S/C9H8O4/c10-7-3-5(9(11)12)4-8-6(7)1-2-13-8/h1-2,5H,3-4H2,(H,11,12). The monoisotopic (exact) mass is 180 g/mol. The van der Waals surface area contributed by atoms with Crippen LogP contribution in [0.15, 0.2) is 16.7 Å². The van der Waals surface area contributed by atoms with Crippen molar-refractivity contribution in [3.8, 4) is 0 Å². The molecule has 4 nitrogen and oxygen atoms in total. The van der Waals surface area contributed by atoms with Crippen molar-refractivity contribution < 1.29 is 19.1 Å². The van der Waals surface area contributed by atoms with E-state index in [2.05, 4.69) is 0 Å². The van der Waals surface area contributed by atoms with E-state index in [-0.39, 0.29) is 12.2 Å². The maximum atomic E-state index is 11.3. The fraction of sp³-hybridized carbons (Fsp3) is 0.333. The van der Waals surface area contributed by atoms with Crippen molar-refractivity contribution in [1.29, 1.82) is 0 Å². The summed E-state index contributed by atoms with van der Waals surface area (Å²) in [7, 11) is 0. The molecule has 68 valence electrons. The van der Waals surface area contributed by atoms with Crippen LogP contribution in [0.1, 0.15) is 22.5 Å². The summed E-state index contributed by atoms with van der Waals surface area (Å²) in [6, 6.07) is 1.59. The van der Waals surface area contributed by atoms with Crippen molar-refractivity contribution in [3.05, 3.63) is 23.7 Å². The Bertz CT molecular complexity index is 363. The number of furan rings is 1. The predicted molar refractivity (Wildman–Crippen MR) is 42.5 cm³/mol. The molecule has 0 radical (unpaired) electrons. The molecule has 1 heterocycles. The number of rotatable bonds is 1. The summed E-state index contributed by atoms with van der Waals surface area (Å²) in [4.78, 5) is 22.0. The topological polar surface area (TPSA) is 67.5 Å². The molecule has 4 heteroatoms. The Morgan fingerprint density at radius 3 is 3.00 bits per heavy atom. The van der Waals surface area contributed by atoms with Crippen molar-refractivity contribution in [1.82, 2.24) is 0 Å². The second-order valence-electron chi connectivity index (χ2n) is 3.12. The van der Waals surface area contributed by atoms with Crippen LogP contribution in [0.4, 0.5) is 0 Å². The highest BCUT2D eigenvalue weighted by molar-refractivity contribution is 6.00. The number of Topliss-reactive ketones (excluding diaryl/α,β-unsaturated/α-hetero) is 1. The molecule has 0 bridgehead atoms. The molecule has 13 heavy (non-hydrogen) atoms. The van der Waals surface area contributed by atoms with Gasteiger partial charge in [-0.05, 0) is 6.07 Å². The quantitative estimate of drug-likeness (QED) is 0.702. The molecule has 1 atom stereocenters. The molecule has 0 aromatic carbocycles. The largest absolute Gasteiger partial charge is 0.481 e. The van der Waals surface area contributed by atoms with Gasteiger partial charge in [0.2, 0.25) is 0 Å². The first kappa shape index (κ1) is 8.04. The van der Waals surface area contributed by atoms with Gasteiger partial charge in [0.25, 0.3) is 0 Å². The highest BCUT2D eigenvalue weighted by Crippen LogP contribution is 2.26. The summed E-state index contributed by atoms with van der Waals surface area (Å²) < 4.78 is 5.02. The van der Waals surface area contributed by atoms with Gasteiger partial charge < -0.3 is 9.52 Å². The van der Waals surface area contributed by atoms with E-state index in [1.54, 1.807) is 6.07 Å². The molecule has 1 aromatic heterocycles. The van der Waals surface area contributed by atoms with Crippen molar-refractivity contribution in [2.24, 2.45) is 5.92 Å². The summed E-state index contributed by atoms with van der Waals surface area (Å²) in [5.41, 5.74) is 0.539. The van der Waals surface area contributed by atoms with E-state index in [4.69, 9.17) is 9.52 Å². The third-order valence-electron chi connectivity index (χ3n) is 2.26. The molecule has 0 aliphatic heterocycles. The van der Waals surface area contributed by atoms with Gasteiger partial charge in [0.1, 0.15) is 5.76 Å². The van der Waals surface area contributed by atoms with E-state index < -0.39 is 11.9 Å². The van der Waals surface area contributed by atoms with Crippen molar-refractivity contribution in [2.75, 3.05) is 0 Å². The van der Waals surface area contributed by atoms with E-state index in [0.717, 1.165) is 0 Å². The van der Waals surface area contributed by atoms with Gasteiger partial charge in [0, 0.05) is 12.8 Å². The molecular weight excluding hydrogens is 172 g/mol. The van der Waals surface area contributed by atoms with Gasteiger partial charge >= 0.3 is 5.97 Å². The van der Waals surface area contributed by atoms with Crippen molar-refractivity contribution in [2.45, 2.75) is 12.8 Å². The van der Waals surface area contributed by atoms with E-state index in [1.807, 2.05) is 0 Å². The molecule has 1 unspecified atom stereocenters. The van der Waals surface area contributed by atoms with Crippen LogP contribution >= 0.6 is 0 Å². The van der Waals surface area contributed by atoms with Crippen LogP contribution in [0.2, 0.25) is 0 Å². The molecule has 1 aliphatic carbocycles. The zero-order valence-electron chi connectivity index (χ0n) is 6.82. The lowest BCUT2D eigenvalue weighted by atomic mass is 9.88. The third-order valence-corrected chi connectivity index (χ3v) is 2.26. The van der Waals surface area contributed by atoms with Gasteiger partial charge in [-0.25, -0.2) is 0 Å². The molecule has 2 rings (SSSR count). The van der Waals surface area contributed by atoms with Gasteiger partial charge in [-0.3, -0.25) is 9.59 Å². The number of carboxylic acid groups (broad SMARTS) is 1. The SMILES string of the molecule is O=C1CC(C(=O)O)Cc2occc21. The summed E-state index contributed by atoms with van der Waals surface area (Å²) in [6.07, 6.45) is 1.83. The molecule has 0 fully saturated rings. The predicted octanol–water partition coefficient (Wildman–Crippen LogP) is 1.11. The number of carbonyl (C=O) groups is 2. The van der Waals surface area contributed by atoms with Crippen LogP contribution < -0.4 is 0 Å². The van der Waals surface area contributed by atoms with Gasteiger partial charge in [-0.15, -0.1) is 0 Å². The number of aliphatic carboxylic acids is 1. The minimum atomic E-state index is -0.935. The van der Waals surface area contributed by atoms with Gasteiger partial charge in [-0.1, -0.05) is 0 Å². The van der Waals surface area contributed by atoms with E-state index >= 15 is 0 Å². The fourth-order valence-electron chi connectivity index (χ4n) is 1.55. The zero-order valence-corrected chi connectivity index (χ0v) is 6.82. The van der Waals surface area contributed by atoms with E-state index in [0.29, 0.717) is 17.7 Å². The Balaban J connectivity index is 2.34. The Morgan fingerprint density at radius 2 is 2.31 bits per heavy atom. The molecule has 1 aromatic rings. The molecule has 1 N–H and O–H groups in total. The maximum absolute atomic E-state index is 11.3. The van der Waals surface area contributed by atoms with Crippen LogP contribution in [0.25, 0.3) is 0 Å². The molecular formula is C9H8O4. The number of hydrogen-bond donors (Lipinski definition) is 1. The number of ketones is 1. The van der Waals surface area contributed by atoms with Crippen LogP contribution in [-0.4, -0.2) is 16.9 Å². The highest BCUT2D eigenvalue weighted by Gasteiger charge is 2.31. The molecule has 0 amide bonds.